The molecule has 2 aromatic rings. The van der Waals surface area contributed by atoms with E-state index in [9.17, 15) is 4.21 Å². The van der Waals surface area contributed by atoms with Gasteiger partial charge in [0.1, 0.15) is 11.5 Å². The zero-order valence-corrected chi connectivity index (χ0v) is 10.6. The van der Waals surface area contributed by atoms with Crippen LogP contribution in [-0.4, -0.2) is 8.76 Å². The summed E-state index contributed by atoms with van der Waals surface area (Å²) in [6.45, 7) is 1.91. The van der Waals surface area contributed by atoms with E-state index in [4.69, 9.17) is 15.0 Å². The first-order chi connectivity index (χ1) is 8.56. The molecule has 0 saturated heterocycles. The van der Waals surface area contributed by atoms with E-state index in [1.165, 1.54) is 0 Å². The van der Waals surface area contributed by atoms with Crippen LogP contribution in [0.5, 0.6) is 11.5 Å². The van der Waals surface area contributed by atoms with Gasteiger partial charge in [0.05, 0.1) is 4.90 Å². The molecular weight excluding hydrogens is 250 g/mol. The number of hydrogen-bond acceptors (Lipinski definition) is 3. The maximum atomic E-state index is 10.8. The molecule has 5 heteroatoms. The summed E-state index contributed by atoms with van der Waals surface area (Å²) in [6, 6.07) is 11.8. The van der Waals surface area contributed by atoms with Crippen molar-refractivity contribution in [3.8, 4) is 11.5 Å². The van der Waals surface area contributed by atoms with Gasteiger partial charge in [-0.1, -0.05) is 0 Å². The highest BCUT2D eigenvalue weighted by Crippen LogP contribution is 2.26. The molecule has 18 heavy (non-hydrogen) atoms. The zero-order chi connectivity index (χ0) is 13.1. The third-order valence-electron chi connectivity index (χ3n) is 2.45. The average Bonchev–Trinajstić information content (AvgIpc) is 2.33. The van der Waals surface area contributed by atoms with Crippen LogP contribution in [0.3, 0.4) is 0 Å². The Morgan fingerprint density at radius 3 is 2.39 bits per heavy atom. The Labute approximate surface area is 108 Å². The highest BCUT2D eigenvalue weighted by molar-refractivity contribution is 7.79. The molecule has 0 aliphatic heterocycles. The Morgan fingerprint density at radius 2 is 1.83 bits per heavy atom. The molecule has 3 N–H and O–H groups in total. The second kappa shape index (κ2) is 5.20. The molecule has 0 heterocycles. The largest absolute Gasteiger partial charge is 0.457 e. The van der Waals surface area contributed by atoms with Gasteiger partial charge >= 0.3 is 0 Å². The van der Waals surface area contributed by atoms with E-state index < -0.39 is 11.1 Å². The van der Waals surface area contributed by atoms with Crippen LogP contribution in [0, 0.1) is 6.92 Å². The molecule has 2 aromatic carbocycles. The van der Waals surface area contributed by atoms with E-state index in [1.54, 1.807) is 36.4 Å². The quantitative estimate of drug-likeness (QED) is 0.659. The third kappa shape index (κ3) is 2.88. The van der Waals surface area contributed by atoms with Crippen molar-refractivity contribution >= 4 is 16.8 Å². The minimum atomic E-state index is -1.96. The van der Waals surface area contributed by atoms with E-state index in [-0.39, 0.29) is 0 Å². The van der Waals surface area contributed by atoms with Crippen molar-refractivity contribution in [3.05, 3.63) is 48.0 Å². The van der Waals surface area contributed by atoms with Crippen molar-refractivity contribution in [2.24, 2.45) is 0 Å². The van der Waals surface area contributed by atoms with E-state index in [1.807, 2.05) is 13.0 Å². The second-order valence-corrected chi connectivity index (χ2v) is 4.82. The molecule has 4 nitrogen and oxygen atoms in total. The number of anilines is 1. The summed E-state index contributed by atoms with van der Waals surface area (Å²) in [7, 11) is 0. The lowest BCUT2D eigenvalue weighted by atomic mass is 10.2. The first-order valence-electron chi connectivity index (χ1n) is 5.31. The molecule has 0 spiro atoms. The number of aryl methyl sites for hydroxylation is 1. The molecule has 0 amide bonds. The predicted octanol–water partition coefficient (Wildman–Crippen LogP) is 2.95. The SMILES string of the molecule is Cc1cc(N)ccc1Oc1ccc(S(=O)O)cc1. The van der Waals surface area contributed by atoms with Gasteiger partial charge in [-0.15, -0.1) is 0 Å². The summed E-state index contributed by atoms with van der Waals surface area (Å²) in [5.41, 5.74) is 7.28. The fraction of sp³-hybridized carbons (Fsp3) is 0.0769. The van der Waals surface area contributed by atoms with Crippen molar-refractivity contribution in [2.75, 3.05) is 5.73 Å². The van der Waals surface area contributed by atoms with Crippen molar-refractivity contribution in [1.29, 1.82) is 0 Å². The Morgan fingerprint density at radius 1 is 1.17 bits per heavy atom. The molecule has 0 aliphatic carbocycles. The normalized spacial score (nSPS) is 12.1. The molecule has 0 fully saturated rings. The van der Waals surface area contributed by atoms with Gasteiger partial charge in [0.2, 0.25) is 0 Å². The first kappa shape index (κ1) is 12.6. The second-order valence-electron chi connectivity index (χ2n) is 3.85. The van der Waals surface area contributed by atoms with Gasteiger partial charge in [-0.3, -0.25) is 0 Å². The van der Waals surface area contributed by atoms with Crippen LogP contribution in [0.15, 0.2) is 47.4 Å². The van der Waals surface area contributed by atoms with Crippen molar-refractivity contribution in [2.45, 2.75) is 11.8 Å². The van der Waals surface area contributed by atoms with Gasteiger partial charge in [0.15, 0.2) is 11.1 Å². The zero-order valence-electron chi connectivity index (χ0n) is 9.79. The van der Waals surface area contributed by atoms with Gasteiger partial charge in [-0.05, 0) is 55.0 Å². The third-order valence-corrected chi connectivity index (χ3v) is 3.13. The molecule has 1 unspecified atom stereocenters. The minimum absolute atomic E-state index is 0.344. The van der Waals surface area contributed by atoms with E-state index >= 15 is 0 Å². The lowest BCUT2D eigenvalue weighted by Gasteiger charge is -2.09. The minimum Gasteiger partial charge on any atom is -0.457 e. The fourth-order valence-electron chi connectivity index (χ4n) is 1.54. The van der Waals surface area contributed by atoms with Gasteiger partial charge in [-0.2, -0.15) is 0 Å². The van der Waals surface area contributed by atoms with Gasteiger partial charge in [0, 0.05) is 5.69 Å². The molecule has 94 valence electrons. The average molecular weight is 263 g/mol. The van der Waals surface area contributed by atoms with Crippen LogP contribution in [0.4, 0.5) is 5.69 Å². The highest BCUT2D eigenvalue weighted by atomic mass is 32.2. The lowest BCUT2D eigenvalue weighted by Crippen LogP contribution is -1.92. The first-order valence-corrected chi connectivity index (χ1v) is 6.42. The van der Waals surface area contributed by atoms with E-state index in [2.05, 4.69) is 0 Å². The van der Waals surface area contributed by atoms with Crippen molar-refractivity contribution in [3.63, 3.8) is 0 Å². The van der Waals surface area contributed by atoms with E-state index in [0.29, 0.717) is 22.1 Å². The van der Waals surface area contributed by atoms with E-state index in [0.717, 1.165) is 5.56 Å². The Balaban J connectivity index is 2.21. The van der Waals surface area contributed by atoms with Gasteiger partial charge in [0.25, 0.3) is 0 Å². The van der Waals surface area contributed by atoms with Crippen LogP contribution >= 0.6 is 0 Å². The maximum absolute atomic E-state index is 10.8. The van der Waals surface area contributed by atoms with Crippen LogP contribution < -0.4 is 10.5 Å². The van der Waals surface area contributed by atoms with Crippen LogP contribution in [0.1, 0.15) is 5.56 Å². The van der Waals surface area contributed by atoms with Crippen LogP contribution in [0.25, 0.3) is 0 Å². The molecule has 0 radical (unpaired) electrons. The number of hydrogen-bond donors (Lipinski definition) is 2. The van der Waals surface area contributed by atoms with Crippen LogP contribution in [0.2, 0.25) is 0 Å². The summed E-state index contributed by atoms with van der Waals surface area (Å²) in [5, 5.41) is 0. The number of ether oxygens (including phenoxy) is 1. The Hall–Kier alpha value is -1.85. The molecule has 0 saturated carbocycles. The van der Waals surface area contributed by atoms with Gasteiger partial charge < -0.3 is 15.0 Å². The predicted molar refractivity (Wildman–Crippen MR) is 71.1 cm³/mol. The smallest absolute Gasteiger partial charge is 0.186 e. The van der Waals surface area contributed by atoms with Crippen molar-refractivity contribution < 1.29 is 13.5 Å². The fourth-order valence-corrected chi connectivity index (χ4v) is 1.91. The topological polar surface area (TPSA) is 72.5 Å². The summed E-state index contributed by atoms with van der Waals surface area (Å²) in [5.74, 6) is 1.32. The molecule has 2 rings (SSSR count). The lowest BCUT2D eigenvalue weighted by molar-refractivity contribution is 0.478. The summed E-state index contributed by atoms with van der Waals surface area (Å²) in [6.07, 6.45) is 0. The number of nitrogens with two attached hydrogens (primary N) is 1. The summed E-state index contributed by atoms with van der Waals surface area (Å²) < 4.78 is 25.4. The molecule has 1 atom stereocenters. The highest BCUT2D eigenvalue weighted by Gasteiger charge is 2.03. The molecule has 0 bridgehead atoms. The number of benzene rings is 2. The van der Waals surface area contributed by atoms with Gasteiger partial charge in [-0.25, -0.2) is 4.21 Å². The van der Waals surface area contributed by atoms with Crippen LogP contribution in [-0.2, 0) is 11.1 Å². The summed E-state index contributed by atoms with van der Waals surface area (Å²) >= 11 is -1.96. The Bertz CT molecular complexity index is 581. The summed E-state index contributed by atoms with van der Waals surface area (Å²) in [4.78, 5) is 0.344. The number of rotatable bonds is 3. The monoisotopic (exact) mass is 263 g/mol. The Kier molecular flexibility index (Phi) is 3.64. The molecular formula is C13H13NO3S. The molecule has 0 aromatic heterocycles. The molecule has 0 aliphatic rings. The standard InChI is InChI=1S/C13H13NO3S/c1-9-8-10(14)2-7-13(9)17-11-3-5-12(6-4-11)18(15)16/h2-8H,14H2,1H3,(H,15,16). The van der Waals surface area contributed by atoms with Crippen molar-refractivity contribution in [1.82, 2.24) is 0 Å². The maximum Gasteiger partial charge on any atom is 0.186 e. The number of nitrogen functional groups attached to an aromatic ring is 1.